The predicted molar refractivity (Wildman–Crippen MR) is 174 cm³/mol. The molecule has 0 atom stereocenters. The molecule has 220 valence electrons. The first-order chi connectivity index (χ1) is 21.1. The number of carbonyl (C=O) groups is 1. The zero-order valence-corrected chi connectivity index (χ0v) is 24.8. The molecule has 4 heterocycles. The number of aromatic nitrogens is 2. The van der Waals surface area contributed by atoms with Crippen molar-refractivity contribution in [3.63, 3.8) is 0 Å². The molecule has 2 N–H and O–H groups in total. The van der Waals surface area contributed by atoms with Gasteiger partial charge in [-0.3, -0.25) is 9.69 Å². The molecule has 2 aromatic heterocycles. The molecule has 2 aliphatic heterocycles. The molecule has 0 bridgehead atoms. The molecule has 3 aromatic carbocycles. The van der Waals surface area contributed by atoms with Crippen molar-refractivity contribution in [2.24, 2.45) is 0 Å². The van der Waals surface area contributed by atoms with Crippen LogP contribution < -0.4 is 10.1 Å². The number of para-hydroxylation sites is 1. The number of anilines is 1. The zero-order valence-electron chi connectivity index (χ0n) is 24.8. The molecule has 5 aromatic rings. The molecule has 7 heteroatoms. The van der Waals surface area contributed by atoms with Gasteiger partial charge in [-0.2, -0.15) is 0 Å². The van der Waals surface area contributed by atoms with Gasteiger partial charge in [0, 0.05) is 40.1 Å². The van der Waals surface area contributed by atoms with Crippen LogP contribution in [0, 0.1) is 0 Å². The van der Waals surface area contributed by atoms with Crippen molar-refractivity contribution < 1.29 is 9.53 Å². The second-order valence-electron chi connectivity index (χ2n) is 11.9. The van der Waals surface area contributed by atoms with Crippen LogP contribution in [0.1, 0.15) is 48.2 Å². The molecule has 1 amide bonds. The van der Waals surface area contributed by atoms with Gasteiger partial charge in [0.05, 0.1) is 18.3 Å². The lowest BCUT2D eigenvalue weighted by Gasteiger charge is -2.40. The Morgan fingerprint density at radius 1 is 0.907 bits per heavy atom. The molecule has 7 rings (SSSR count). The minimum Gasteiger partial charge on any atom is -0.497 e. The average molecular weight is 574 g/mol. The first kappa shape index (κ1) is 27.6. The molecule has 2 fully saturated rings. The number of ether oxygens (including phenoxy) is 1. The van der Waals surface area contributed by atoms with Gasteiger partial charge in [-0.1, -0.05) is 48.9 Å². The van der Waals surface area contributed by atoms with E-state index in [0.29, 0.717) is 5.69 Å². The van der Waals surface area contributed by atoms with E-state index in [9.17, 15) is 4.79 Å². The van der Waals surface area contributed by atoms with Gasteiger partial charge in [0.1, 0.15) is 11.4 Å². The predicted octanol–water partition coefficient (Wildman–Crippen LogP) is 7.09. The van der Waals surface area contributed by atoms with Crippen molar-refractivity contribution >= 4 is 33.4 Å². The fourth-order valence-electron chi connectivity index (χ4n) is 6.81. The molecular weight excluding hydrogens is 534 g/mol. The van der Waals surface area contributed by atoms with E-state index in [4.69, 9.17) is 9.72 Å². The van der Waals surface area contributed by atoms with Gasteiger partial charge in [0.25, 0.3) is 5.91 Å². The summed E-state index contributed by atoms with van der Waals surface area (Å²) in [5.41, 5.74) is 5.92. The number of pyridine rings is 1. The normalized spacial score (nSPS) is 17.0. The zero-order chi connectivity index (χ0) is 29.2. The first-order valence-corrected chi connectivity index (χ1v) is 15.6. The van der Waals surface area contributed by atoms with Crippen molar-refractivity contribution in [3.8, 4) is 17.0 Å². The molecule has 2 aliphatic rings. The summed E-state index contributed by atoms with van der Waals surface area (Å²) in [6.07, 6.45) is 6.64. The summed E-state index contributed by atoms with van der Waals surface area (Å²) in [5, 5.41) is 5.11. The number of amides is 1. The van der Waals surface area contributed by atoms with Gasteiger partial charge in [-0.15, -0.1) is 0 Å². The largest absolute Gasteiger partial charge is 0.497 e. The van der Waals surface area contributed by atoms with Gasteiger partial charge in [-0.05, 0) is 93.8 Å². The third-order valence-corrected chi connectivity index (χ3v) is 9.15. The number of nitrogens with zero attached hydrogens (tertiary/aromatic N) is 3. The Kier molecular flexibility index (Phi) is 7.83. The van der Waals surface area contributed by atoms with Gasteiger partial charge in [0.15, 0.2) is 0 Å². The van der Waals surface area contributed by atoms with E-state index < -0.39 is 0 Å². The molecule has 2 saturated heterocycles. The maximum atomic E-state index is 13.6. The lowest BCUT2D eigenvalue weighted by molar-refractivity contribution is 0.0896. The maximum absolute atomic E-state index is 13.6. The van der Waals surface area contributed by atoms with E-state index in [-0.39, 0.29) is 5.91 Å². The van der Waals surface area contributed by atoms with Crippen LogP contribution in [0.4, 0.5) is 5.69 Å². The highest BCUT2D eigenvalue weighted by molar-refractivity contribution is 6.14. The van der Waals surface area contributed by atoms with Crippen LogP contribution >= 0.6 is 0 Å². The van der Waals surface area contributed by atoms with Crippen LogP contribution in [0.5, 0.6) is 5.75 Å². The summed E-state index contributed by atoms with van der Waals surface area (Å²) in [6.45, 7) is 5.81. The van der Waals surface area contributed by atoms with Gasteiger partial charge in [0.2, 0.25) is 0 Å². The van der Waals surface area contributed by atoms with E-state index in [1.807, 2.05) is 60.7 Å². The minimum atomic E-state index is -0.233. The van der Waals surface area contributed by atoms with Crippen molar-refractivity contribution in [1.29, 1.82) is 0 Å². The standard InChI is InChI=1S/C36H39N5O2/c1-43-29-9-7-8-26(22-29)34-35-31(30-10-3-4-11-32(30)38-35)23-33(39-34)36(42)37-27-14-12-25(13-15-27)24-40-20-16-28(17-21-40)41-18-5-2-6-19-41/h3-4,7-15,22-23,28,38H,2,5-6,16-21,24H2,1H3,(H,37,42). The maximum Gasteiger partial charge on any atom is 0.274 e. The van der Waals surface area contributed by atoms with Crippen LogP contribution in [0.3, 0.4) is 0 Å². The third-order valence-electron chi connectivity index (χ3n) is 9.15. The summed E-state index contributed by atoms with van der Waals surface area (Å²) >= 11 is 0. The van der Waals surface area contributed by atoms with Crippen molar-refractivity contribution in [1.82, 2.24) is 19.8 Å². The summed E-state index contributed by atoms with van der Waals surface area (Å²) in [4.78, 5) is 27.2. The Hall–Kier alpha value is -4.20. The number of hydrogen-bond acceptors (Lipinski definition) is 5. The minimum absolute atomic E-state index is 0.233. The highest BCUT2D eigenvalue weighted by Crippen LogP contribution is 2.34. The molecule has 0 unspecified atom stereocenters. The molecule has 7 nitrogen and oxygen atoms in total. The van der Waals surface area contributed by atoms with Crippen molar-refractivity contribution in [2.45, 2.75) is 44.7 Å². The number of likely N-dealkylation sites (tertiary alicyclic amines) is 2. The summed E-state index contributed by atoms with van der Waals surface area (Å²) in [6, 6.07) is 26.8. The fraction of sp³-hybridized carbons (Fsp3) is 0.333. The summed E-state index contributed by atoms with van der Waals surface area (Å²) in [5.74, 6) is 0.508. The van der Waals surface area contributed by atoms with Crippen molar-refractivity contribution in [3.05, 3.63) is 90.1 Å². The Bertz CT molecular complexity index is 1730. The van der Waals surface area contributed by atoms with E-state index in [1.54, 1.807) is 7.11 Å². The third kappa shape index (κ3) is 5.88. The number of piperidine rings is 2. The van der Waals surface area contributed by atoms with Gasteiger partial charge < -0.3 is 19.9 Å². The Labute approximate surface area is 252 Å². The van der Waals surface area contributed by atoms with Crippen LogP contribution in [-0.4, -0.2) is 65.0 Å². The lowest BCUT2D eigenvalue weighted by atomic mass is 9.99. The van der Waals surface area contributed by atoms with Crippen LogP contribution in [0.25, 0.3) is 33.1 Å². The molecular formula is C36H39N5O2. The Morgan fingerprint density at radius 2 is 1.70 bits per heavy atom. The Balaban J connectivity index is 1.07. The first-order valence-electron chi connectivity index (χ1n) is 15.6. The SMILES string of the molecule is COc1cccc(-c2nc(C(=O)Nc3ccc(CN4CCC(N5CCCCC5)CC4)cc3)cc3c2[nH]c2ccccc23)c1. The highest BCUT2D eigenvalue weighted by Gasteiger charge is 2.25. The highest BCUT2D eigenvalue weighted by atomic mass is 16.5. The number of fused-ring (bicyclic) bond motifs is 3. The molecule has 0 spiro atoms. The van der Waals surface area contributed by atoms with Crippen molar-refractivity contribution in [2.75, 3.05) is 38.6 Å². The fourth-order valence-corrected chi connectivity index (χ4v) is 6.81. The number of rotatable bonds is 7. The number of benzene rings is 3. The number of hydrogen-bond donors (Lipinski definition) is 2. The summed E-state index contributed by atoms with van der Waals surface area (Å²) < 4.78 is 5.47. The Morgan fingerprint density at radius 3 is 2.49 bits per heavy atom. The lowest BCUT2D eigenvalue weighted by Crippen LogP contribution is -2.46. The van der Waals surface area contributed by atoms with Crippen LogP contribution in [-0.2, 0) is 6.54 Å². The second-order valence-corrected chi connectivity index (χ2v) is 11.9. The monoisotopic (exact) mass is 573 g/mol. The van der Waals surface area contributed by atoms with E-state index in [0.717, 1.165) is 70.2 Å². The molecule has 43 heavy (non-hydrogen) atoms. The number of methoxy groups -OCH3 is 1. The smallest absolute Gasteiger partial charge is 0.274 e. The average Bonchev–Trinajstić information content (AvgIpc) is 3.45. The van der Waals surface area contributed by atoms with E-state index >= 15 is 0 Å². The molecule has 0 aliphatic carbocycles. The van der Waals surface area contributed by atoms with Crippen LogP contribution in [0.2, 0.25) is 0 Å². The number of H-pyrrole nitrogens is 1. The second kappa shape index (κ2) is 12.2. The van der Waals surface area contributed by atoms with Gasteiger partial charge in [-0.25, -0.2) is 4.98 Å². The van der Waals surface area contributed by atoms with Crippen LogP contribution in [0.15, 0.2) is 78.9 Å². The summed E-state index contributed by atoms with van der Waals surface area (Å²) in [7, 11) is 1.65. The molecule has 0 radical (unpaired) electrons. The number of aromatic amines is 1. The topological polar surface area (TPSA) is 73.5 Å². The number of carbonyl (C=O) groups excluding carboxylic acids is 1. The number of nitrogens with one attached hydrogen (secondary N) is 2. The van der Waals surface area contributed by atoms with Gasteiger partial charge >= 0.3 is 0 Å². The van der Waals surface area contributed by atoms with E-state index in [2.05, 4.69) is 38.3 Å². The quantitative estimate of drug-likeness (QED) is 0.217. The van der Waals surface area contributed by atoms with E-state index in [1.165, 1.54) is 50.8 Å². The molecule has 0 saturated carbocycles.